The number of sulfonamides is 1. The lowest BCUT2D eigenvalue weighted by atomic mass is 10.0. The zero-order valence-electron chi connectivity index (χ0n) is 12.2. The summed E-state index contributed by atoms with van der Waals surface area (Å²) in [6.45, 7) is 4.51. The quantitative estimate of drug-likeness (QED) is 0.779. The Bertz CT molecular complexity index is 414. The first-order valence-corrected chi connectivity index (χ1v) is 9.40. The second-order valence-electron chi connectivity index (χ2n) is 5.88. The van der Waals surface area contributed by atoms with E-state index in [2.05, 4.69) is 22.0 Å². The van der Waals surface area contributed by atoms with Gasteiger partial charge in [0.05, 0.1) is 5.75 Å². The fourth-order valence-corrected chi connectivity index (χ4v) is 3.53. The first kappa shape index (κ1) is 15.9. The molecule has 0 amide bonds. The summed E-state index contributed by atoms with van der Waals surface area (Å²) in [4.78, 5) is 4.74. The van der Waals surface area contributed by atoms with E-state index in [1.807, 2.05) is 0 Å². The maximum atomic E-state index is 11.0. The second kappa shape index (κ2) is 7.54. The summed E-state index contributed by atoms with van der Waals surface area (Å²) in [6.07, 6.45) is 11.2. The smallest absolute Gasteiger partial charge is 0.210 e. The molecule has 0 saturated carbocycles. The molecule has 116 valence electrons. The van der Waals surface area contributed by atoms with E-state index >= 15 is 0 Å². The van der Waals surface area contributed by atoms with Gasteiger partial charge in [0.2, 0.25) is 10.0 Å². The van der Waals surface area contributed by atoms with E-state index in [4.69, 9.17) is 5.14 Å². The van der Waals surface area contributed by atoms with Crippen molar-refractivity contribution in [1.82, 2.24) is 9.80 Å². The number of nitrogens with two attached hydrogens (primary N) is 1. The minimum absolute atomic E-state index is 0.0658. The van der Waals surface area contributed by atoms with Gasteiger partial charge in [0.15, 0.2) is 0 Å². The van der Waals surface area contributed by atoms with Crippen molar-refractivity contribution in [2.75, 3.05) is 38.5 Å². The summed E-state index contributed by atoms with van der Waals surface area (Å²) in [5, 5.41) is 5.06. The molecule has 6 heteroatoms. The molecule has 1 saturated heterocycles. The molecule has 2 aliphatic rings. The van der Waals surface area contributed by atoms with E-state index in [-0.39, 0.29) is 5.75 Å². The first-order chi connectivity index (χ1) is 9.54. The molecule has 0 aromatic heterocycles. The monoisotopic (exact) mass is 301 g/mol. The van der Waals surface area contributed by atoms with Crippen LogP contribution >= 0.6 is 0 Å². The van der Waals surface area contributed by atoms with Crippen LogP contribution in [0.3, 0.4) is 0 Å². The molecule has 0 spiro atoms. The van der Waals surface area contributed by atoms with Crippen LogP contribution in [0.15, 0.2) is 12.2 Å². The van der Waals surface area contributed by atoms with Gasteiger partial charge >= 0.3 is 0 Å². The van der Waals surface area contributed by atoms with Crippen LogP contribution in [0.25, 0.3) is 0 Å². The number of primary sulfonamides is 1. The van der Waals surface area contributed by atoms with Crippen molar-refractivity contribution in [3.05, 3.63) is 12.2 Å². The molecule has 1 fully saturated rings. The molecule has 1 aliphatic heterocycles. The van der Waals surface area contributed by atoms with Crippen molar-refractivity contribution in [2.24, 2.45) is 5.14 Å². The molecule has 5 nitrogen and oxygen atoms in total. The lowest BCUT2D eigenvalue weighted by molar-refractivity contribution is 0.111. The summed E-state index contributed by atoms with van der Waals surface area (Å²) in [6, 6.07) is 0.579. The van der Waals surface area contributed by atoms with Crippen LogP contribution < -0.4 is 5.14 Å². The average Bonchev–Trinajstić information content (AvgIpc) is 2.36. The number of hydrogen-bond donors (Lipinski definition) is 1. The van der Waals surface area contributed by atoms with Gasteiger partial charge in [-0.05, 0) is 19.3 Å². The predicted octanol–water partition coefficient (Wildman–Crippen LogP) is 0.781. The van der Waals surface area contributed by atoms with E-state index in [0.29, 0.717) is 12.6 Å². The molecule has 20 heavy (non-hydrogen) atoms. The molecule has 0 aromatic carbocycles. The van der Waals surface area contributed by atoms with Gasteiger partial charge in [-0.1, -0.05) is 25.0 Å². The van der Waals surface area contributed by atoms with Gasteiger partial charge in [0, 0.05) is 38.8 Å². The van der Waals surface area contributed by atoms with Gasteiger partial charge in [-0.2, -0.15) is 0 Å². The summed E-state index contributed by atoms with van der Waals surface area (Å²) in [5.74, 6) is 0.0658. The van der Waals surface area contributed by atoms with Crippen molar-refractivity contribution in [3.63, 3.8) is 0 Å². The molecular formula is C14H27N3O2S. The molecule has 2 N–H and O–H groups in total. The van der Waals surface area contributed by atoms with Crippen molar-refractivity contribution < 1.29 is 8.42 Å². The van der Waals surface area contributed by atoms with E-state index < -0.39 is 10.0 Å². The van der Waals surface area contributed by atoms with Crippen molar-refractivity contribution in [2.45, 2.75) is 38.1 Å². The van der Waals surface area contributed by atoms with Crippen LogP contribution in [0.5, 0.6) is 0 Å². The molecular weight excluding hydrogens is 274 g/mol. The third-order valence-corrected chi connectivity index (χ3v) is 5.05. The second-order valence-corrected chi connectivity index (χ2v) is 7.61. The van der Waals surface area contributed by atoms with Gasteiger partial charge in [0.25, 0.3) is 0 Å². The number of rotatable bonds is 4. The van der Waals surface area contributed by atoms with Crippen molar-refractivity contribution in [3.8, 4) is 0 Å². The van der Waals surface area contributed by atoms with Crippen LogP contribution in [0.2, 0.25) is 0 Å². The van der Waals surface area contributed by atoms with Crippen molar-refractivity contribution in [1.29, 1.82) is 0 Å². The Morgan fingerprint density at radius 1 is 1.10 bits per heavy atom. The molecule has 1 unspecified atom stereocenters. The topological polar surface area (TPSA) is 66.6 Å². The summed E-state index contributed by atoms with van der Waals surface area (Å²) in [7, 11) is -3.33. The Hall–Kier alpha value is -0.430. The van der Waals surface area contributed by atoms with Crippen LogP contribution in [0.1, 0.15) is 32.1 Å². The van der Waals surface area contributed by atoms with E-state index in [1.165, 1.54) is 32.1 Å². The minimum atomic E-state index is -3.33. The lowest BCUT2D eigenvalue weighted by Gasteiger charge is -2.38. The number of nitrogens with zero attached hydrogens (tertiary/aromatic N) is 2. The molecule has 1 aliphatic carbocycles. The van der Waals surface area contributed by atoms with Gasteiger partial charge < -0.3 is 0 Å². The first-order valence-electron chi connectivity index (χ1n) is 7.68. The molecule has 0 bridgehead atoms. The Morgan fingerprint density at radius 2 is 1.85 bits per heavy atom. The van der Waals surface area contributed by atoms with E-state index in [1.54, 1.807) is 0 Å². The summed E-state index contributed by atoms with van der Waals surface area (Å²) < 4.78 is 22.0. The van der Waals surface area contributed by atoms with Gasteiger partial charge in [-0.3, -0.25) is 9.80 Å². The van der Waals surface area contributed by atoms with Gasteiger partial charge in [-0.15, -0.1) is 0 Å². The lowest BCUT2D eigenvalue weighted by Crippen LogP contribution is -2.50. The zero-order valence-corrected chi connectivity index (χ0v) is 13.0. The number of allylic oxidation sites excluding steroid dienone is 1. The van der Waals surface area contributed by atoms with Gasteiger partial charge in [0.1, 0.15) is 0 Å². The molecule has 0 aromatic rings. The summed E-state index contributed by atoms with van der Waals surface area (Å²) in [5.41, 5.74) is 0. The van der Waals surface area contributed by atoms with Gasteiger partial charge in [-0.25, -0.2) is 13.6 Å². The molecule has 2 rings (SSSR count). The van der Waals surface area contributed by atoms with E-state index in [0.717, 1.165) is 26.2 Å². The molecule has 0 radical (unpaired) electrons. The standard InChI is InChI=1S/C14H27N3O2S/c15-20(18,19)13-12-16-8-10-17(11-9-16)14-6-4-2-1-3-5-7-14/h4,6,14H,1-3,5,7-13H2,(H2,15,18,19). The van der Waals surface area contributed by atoms with Crippen LogP contribution in [-0.4, -0.2) is 62.7 Å². The normalized spacial score (nSPS) is 27.1. The van der Waals surface area contributed by atoms with Crippen LogP contribution in [-0.2, 0) is 10.0 Å². The highest BCUT2D eigenvalue weighted by Gasteiger charge is 2.22. The fraction of sp³-hybridized carbons (Fsp3) is 0.857. The maximum Gasteiger partial charge on any atom is 0.210 e. The third-order valence-electron chi connectivity index (χ3n) is 4.30. The Morgan fingerprint density at radius 3 is 2.55 bits per heavy atom. The highest BCUT2D eigenvalue weighted by molar-refractivity contribution is 7.89. The Balaban J connectivity index is 1.76. The highest BCUT2D eigenvalue weighted by Crippen LogP contribution is 2.18. The molecule has 1 atom stereocenters. The predicted molar refractivity (Wildman–Crippen MR) is 82.0 cm³/mol. The Labute approximate surface area is 122 Å². The maximum absolute atomic E-state index is 11.0. The number of hydrogen-bond acceptors (Lipinski definition) is 4. The number of piperazine rings is 1. The fourth-order valence-electron chi connectivity index (χ4n) is 3.02. The van der Waals surface area contributed by atoms with E-state index in [9.17, 15) is 8.42 Å². The highest BCUT2D eigenvalue weighted by atomic mass is 32.2. The van der Waals surface area contributed by atoms with Crippen molar-refractivity contribution >= 4 is 10.0 Å². The largest absolute Gasteiger partial charge is 0.300 e. The Kier molecular flexibility index (Phi) is 6.01. The van der Waals surface area contributed by atoms with Crippen LogP contribution in [0, 0.1) is 0 Å². The summed E-state index contributed by atoms with van der Waals surface area (Å²) >= 11 is 0. The molecule has 1 heterocycles. The average molecular weight is 301 g/mol. The SMILES string of the molecule is NS(=O)(=O)CCN1CCN(C2C=CCCCCC2)CC1. The third kappa shape index (κ3) is 5.52. The minimum Gasteiger partial charge on any atom is -0.300 e. The zero-order chi connectivity index (χ0) is 14.4. The van der Waals surface area contributed by atoms with Crippen LogP contribution in [0.4, 0.5) is 0 Å².